The summed E-state index contributed by atoms with van der Waals surface area (Å²) in [5.74, 6) is 0.560. The van der Waals surface area contributed by atoms with Gasteiger partial charge in [-0.3, -0.25) is 0 Å². The molecule has 3 nitrogen and oxygen atoms in total. The minimum atomic E-state index is 0.283. The zero-order valence-electron chi connectivity index (χ0n) is 11.7. The number of hydrogen-bond acceptors (Lipinski definition) is 3. The van der Waals surface area contributed by atoms with Gasteiger partial charge in [0.2, 0.25) is 0 Å². The van der Waals surface area contributed by atoms with Crippen molar-refractivity contribution in [3.63, 3.8) is 0 Å². The number of hydrogen-bond donors (Lipinski definition) is 3. The van der Waals surface area contributed by atoms with Crippen LogP contribution in [-0.2, 0) is 0 Å². The van der Waals surface area contributed by atoms with Crippen LogP contribution in [0, 0.1) is 5.92 Å². The van der Waals surface area contributed by atoms with Crippen molar-refractivity contribution < 1.29 is 15.3 Å². The van der Waals surface area contributed by atoms with E-state index in [-0.39, 0.29) is 13.2 Å². The molecule has 106 valence electrons. The molecule has 1 atom stereocenters. The van der Waals surface area contributed by atoms with Gasteiger partial charge in [-0.05, 0) is 25.2 Å². The van der Waals surface area contributed by atoms with Crippen molar-refractivity contribution in [2.75, 3.05) is 19.8 Å². The highest BCUT2D eigenvalue weighted by molar-refractivity contribution is 4.53. The predicted molar refractivity (Wildman–Crippen MR) is 73.0 cm³/mol. The Bertz CT molecular complexity index is 108. The Morgan fingerprint density at radius 3 is 1.59 bits per heavy atom. The Labute approximate surface area is 107 Å². The monoisotopic (exact) mass is 248 g/mol. The third kappa shape index (κ3) is 18.4. The van der Waals surface area contributed by atoms with E-state index < -0.39 is 0 Å². The first-order chi connectivity index (χ1) is 8.26. The van der Waals surface area contributed by atoms with Crippen molar-refractivity contribution in [2.24, 2.45) is 5.92 Å². The normalized spacial score (nSPS) is 11.8. The van der Waals surface area contributed by atoms with Gasteiger partial charge in [0.1, 0.15) is 0 Å². The molecule has 0 aliphatic heterocycles. The van der Waals surface area contributed by atoms with Crippen molar-refractivity contribution in [1.29, 1.82) is 0 Å². The molecule has 17 heavy (non-hydrogen) atoms. The summed E-state index contributed by atoms with van der Waals surface area (Å²) in [5, 5.41) is 25.4. The van der Waals surface area contributed by atoms with Gasteiger partial charge in [0.25, 0.3) is 0 Å². The van der Waals surface area contributed by atoms with Crippen LogP contribution in [0.4, 0.5) is 0 Å². The second kappa shape index (κ2) is 18.3. The van der Waals surface area contributed by atoms with Crippen LogP contribution in [0.15, 0.2) is 0 Å². The second-order valence-electron chi connectivity index (χ2n) is 4.46. The highest BCUT2D eigenvalue weighted by Crippen LogP contribution is 2.10. The van der Waals surface area contributed by atoms with Gasteiger partial charge < -0.3 is 15.3 Å². The van der Waals surface area contributed by atoms with E-state index in [9.17, 15) is 0 Å². The Hall–Kier alpha value is -0.120. The zero-order valence-corrected chi connectivity index (χ0v) is 11.7. The summed E-state index contributed by atoms with van der Waals surface area (Å²) in [6, 6.07) is 0. The minimum absolute atomic E-state index is 0.283. The smallest absolute Gasteiger partial charge is 0.0459 e. The molecule has 0 aromatic rings. The Morgan fingerprint density at radius 2 is 1.29 bits per heavy atom. The quantitative estimate of drug-likeness (QED) is 0.521. The van der Waals surface area contributed by atoms with Crippen LogP contribution in [-0.4, -0.2) is 35.1 Å². The van der Waals surface area contributed by atoms with Gasteiger partial charge in [0.15, 0.2) is 0 Å². The molecule has 0 saturated carbocycles. The first-order valence-corrected chi connectivity index (χ1v) is 7.09. The Kier molecular flexibility index (Phi) is 20.6. The molecule has 0 bridgehead atoms. The molecule has 0 fully saturated rings. The molecule has 0 amide bonds. The summed E-state index contributed by atoms with van der Waals surface area (Å²) in [4.78, 5) is 0. The molecule has 1 unspecified atom stereocenters. The highest BCUT2D eigenvalue weighted by Gasteiger charge is 2.01. The van der Waals surface area contributed by atoms with Crippen LogP contribution >= 0.6 is 0 Å². The molecular formula is C14H32O3. The maximum Gasteiger partial charge on any atom is 0.0459 e. The average Bonchev–Trinajstić information content (AvgIpc) is 2.37. The molecule has 0 aliphatic carbocycles. The first kappa shape index (κ1) is 19.2. The Morgan fingerprint density at radius 1 is 0.765 bits per heavy atom. The third-order valence-corrected chi connectivity index (χ3v) is 2.87. The summed E-state index contributed by atoms with van der Waals surface area (Å²) in [6.07, 6.45) is 8.66. The fourth-order valence-corrected chi connectivity index (χ4v) is 1.49. The van der Waals surface area contributed by atoms with E-state index in [1.165, 1.54) is 19.3 Å². The largest absolute Gasteiger partial charge is 0.396 e. The van der Waals surface area contributed by atoms with E-state index in [0.717, 1.165) is 32.1 Å². The lowest BCUT2D eigenvalue weighted by Crippen LogP contribution is -2.03. The number of rotatable bonds is 10. The van der Waals surface area contributed by atoms with Crippen molar-refractivity contribution in [3.8, 4) is 0 Å². The summed E-state index contributed by atoms with van der Waals surface area (Å²) < 4.78 is 0. The molecule has 0 saturated heterocycles. The van der Waals surface area contributed by atoms with Crippen molar-refractivity contribution in [3.05, 3.63) is 0 Å². The van der Waals surface area contributed by atoms with Crippen molar-refractivity contribution in [2.45, 2.75) is 65.2 Å². The van der Waals surface area contributed by atoms with Gasteiger partial charge in [-0.1, -0.05) is 46.0 Å². The predicted octanol–water partition coefficient (Wildman–Crippen LogP) is 2.73. The molecule has 0 radical (unpaired) electrons. The maximum absolute atomic E-state index is 8.75. The average molecular weight is 248 g/mol. The summed E-state index contributed by atoms with van der Waals surface area (Å²) in [6.45, 7) is 5.26. The van der Waals surface area contributed by atoms with Gasteiger partial charge in [0, 0.05) is 19.8 Å². The van der Waals surface area contributed by atoms with Gasteiger partial charge in [0.05, 0.1) is 0 Å². The third-order valence-electron chi connectivity index (χ3n) is 2.87. The summed E-state index contributed by atoms with van der Waals surface area (Å²) >= 11 is 0. The molecule has 0 aliphatic rings. The molecular weight excluding hydrogens is 216 g/mol. The SMILES string of the molecule is CCCCC(CC)CO.OCCCCCCO. The lowest BCUT2D eigenvalue weighted by Gasteiger charge is -2.08. The number of unbranched alkanes of at least 4 members (excludes halogenated alkanes) is 4. The van der Waals surface area contributed by atoms with Crippen LogP contribution in [0.25, 0.3) is 0 Å². The number of aliphatic hydroxyl groups excluding tert-OH is 3. The molecule has 0 spiro atoms. The van der Waals surface area contributed by atoms with Gasteiger partial charge in [-0.2, -0.15) is 0 Å². The van der Waals surface area contributed by atoms with Crippen LogP contribution in [0.1, 0.15) is 65.2 Å². The summed E-state index contributed by atoms with van der Waals surface area (Å²) in [5.41, 5.74) is 0. The van der Waals surface area contributed by atoms with Crippen molar-refractivity contribution in [1.82, 2.24) is 0 Å². The first-order valence-electron chi connectivity index (χ1n) is 7.09. The minimum Gasteiger partial charge on any atom is -0.396 e. The Balaban J connectivity index is 0. The van der Waals surface area contributed by atoms with Gasteiger partial charge in [-0.15, -0.1) is 0 Å². The van der Waals surface area contributed by atoms with Crippen LogP contribution in [0.5, 0.6) is 0 Å². The van der Waals surface area contributed by atoms with Crippen LogP contribution in [0.3, 0.4) is 0 Å². The van der Waals surface area contributed by atoms with Crippen LogP contribution < -0.4 is 0 Å². The lowest BCUT2D eigenvalue weighted by atomic mass is 10.0. The van der Waals surface area contributed by atoms with E-state index in [0.29, 0.717) is 12.5 Å². The topological polar surface area (TPSA) is 60.7 Å². The second-order valence-corrected chi connectivity index (χ2v) is 4.46. The van der Waals surface area contributed by atoms with Gasteiger partial charge in [-0.25, -0.2) is 0 Å². The molecule has 0 aromatic heterocycles. The van der Waals surface area contributed by atoms with E-state index in [2.05, 4.69) is 13.8 Å². The highest BCUT2D eigenvalue weighted by atomic mass is 16.3. The number of aliphatic hydroxyl groups is 3. The van der Waals surface area contributed by atoms with Gasteiger partial charge >= 0.3 is 0 Å². The maximum atomic E-state index is 8.75. The molecule has 3 heteroatoms. The lowest BCUT2D eigenvalue weighted by molar-refractivity contribution is 0.212. The fourth-order valence-electron chi connectivity index (χ4n) is 1.49. The van der Waals surface area contributed by atoms with E-state index in [1.54, 1.807) is 0 Å². The van der Waals surface area contributed by atoms with E-state index in [4.69, 9.17) is 15.3 Å². The standard InChI is InChI=1S/C8H18O.C6H14O2/c1-3-5-6-8(4-2)7-9;7-5-3-1-2-4-6-8/h8-9H,3-7H2,1-2H3;7-8H,1-6H2. The molecule has 3 N–H and O–H groups in total. The van der Waals surface area contributed by atoms with E-state index in [1.807, 2.05) is 0 Å². The van der Waals surface area contributed by atoms with Crippen molar-refractivity contribution >= 4 is 0 Å². The summed E-state index contributed by atoms with van der Waals surface area (Å²) in [7, 11) is 0. The molecule has 0 aromatic carbocycles. The zero-order chi connectivity index (χ0) is 13.4. The molecule has 0 heterocycles. The molecule has 0 rings (SSSR count). The van der Waals surface area contributed by atoms with Crippen LogP contribution in [0.2, 0.25) is 0 Å². The fraction of sp³-hybridized carbons (Fsp3) is 1.00. The van der Waals surface area contributed by atoms with E-state index >= 15 is 0 Å².